The van der Waals surface area contributed by atoms with Crippen LogP contribution in [0.3, 0.4) is 0 Å². The number of halogens is 1. The number of aromatic nitrogens is 2. The van der Waals surface area contributed by atoms with Gasteiger partial charge in [-0.1, -0.05) is 6.07 Å². The van der Waals surface area contributed by atoms with Crippen LogP contribution in [0, 0.1) is 0 Å². The number of thiophene rings is 1. The van der Waals surface area contributed by atoms with Gasteiger partial charge in [-0.25, -0.2) is 9.36 Å². The Morgan fingerprint density at radius 2 is 2.37 bits per heavy atom. The summed E-state index contributed by atoms with van der Waals surface area (Å²) in [6.07, 6.45) is 7.77. The van der Waals surface area contributed by atoms with Crippen molar-refractivity contribution in [2.24, 2.45) is 7.05 Å². The van der Waals surface area contributed by atoms with Crippen molar-refractivity contribution in [2.75, 3.05) is 0 Å². The highest BCUT2D eigenvalue weighted by molar-refractivity contribution is 7.09. The van der Waals surface area contributed by atoms with Gasteiger partial charge in [0, 0.05) is 10.9 Å². The third-order valence-electron chi connectivity index (χ3n) is 3.13. The molecular weight excluding hydrogens is 373 g/mol. The molecule has 3 rings (SSSR count). The molecule has 1 saturated carbocycles. The average Bonchev–Trinajstić information content (AvgIpc) is 2.88. The Morgan fingerprint density at radius 3 is 2.89 bits per heavy atom. The number of aryl methyl sites for hydroxylation is 1. The SMILES string of the molecule is C[n+]1ccn(C(=O)N(Cc2cccs2)C2CC2)c1.[I-]. The average molecular weight is 389 g/mol. The summed E-state index contributed by atoms with van der Waals surface area (Å²) in [5, 5.41) is 2.06. The van der Waals surface area contributed by atoms with Gasteiger partial charge in [0.1, 0.15) is 12.4 Å². The van der Waals surface area contributed by atoms with Gasteiger partial charge < -0.3 is 24.0 Å². The molecule has 102 valence electrons. The predicted octanol–water partition coefficient (Wildman–Crippen LogP) is -0.989. The van der Waals surface area contributed by atoms with Crippen LogP contribution in [0.2, 0.25) is 0 Å². The lowest BCUT2D eigenvalue weighted by molar-refractivity contribution is -0.670. The molecule has 4 nitrogen and oxygen atoms in total. The van der Waals surface area contributed by atoms with Crippen molar-refractivity contribution >= 4 is 17.4 Å². The minimum Gasteiger partial charge on any atom is -1.00 e. The number of hydrogen-bond acceptors (Lipinski definition) is 2. The van der Waals surface area contributed by atoms with Crippen LogP contribution < -0.4 is 28.5 Å². The molecule has 0 bridgehead atoms. The zero-order chi connectivity index (χ0) is 12.5. The van der Waals surface area contributed by atoms with Crippen molar-refractivity contribution in [3.8, 4) is 0 Å². The molecule has 0 saturated heterocycles. The fourth-order valence-electron chi connectivity index (χ4n) is 2.02. The van der Waals surface area contributed by atoms with Crippen molar-refractivity contribution in [1.29, 1.82) is 0 Å². The lowest BCUT2D eigenvalue weighted by Gasteiger charge is -2.18. The van der Waals surface area contributed by atoms with Crippen LogP contribution in [-0.2, 0) is 13.6 Å². The van der Waals surface area contributed by atoms with E-state index in [9.17, 15) is 4.79 Å². The number of carbonyl (C=O) groups is 1. The molecule has 0 atom stereocenters. The molecule has 1 amide bonds. The van der Waals surface area contributed by atoms with Crippen molar-refractivity contribution in [3.05, 3.63) is 41.1 Å². The fourth-order valence-corrected chi connectivity index (χ4v) is 2.72. The summed E-state index contributed by atoms with van der Waals surface area (Å²) in [5.41, 5.74) is 0. The Balaban J connectivity index is 0.00000133. The van der Waals surface area contributed by atoms with Gasteiger partial charge in [-0.3, -0.25) is 4.90 Å². The minimum absolute atomic E-state index is 0. The van der Waals surface area contributed by atoms with Crippen molar-refractivity contribution in [2.45, 2.75) is 25.4 Å². The van der Waals surface area contributed by atoms with E-state index in [0.717, 1.165) is 19.4 Å². The van der Waals surface area contributed by atoms with Gasteiger partial charge in [0.2, 0.25) is 0 Å². The van der Waals surface area contributed by atoms with E-state index in [4.69, 9.17) is 0 Å². The lowest BCUT2D eigenvalue weighted by atomic mass is 10.4. The standard InChI is InChI=1S/C13H16N3OS.HI/c1-14-6-7-15(10-14)13(17)16(11-4-5-11)9-12-3-2-8-18-12;/h2-3,6-8,10-11H,4-5,9H2,1H3;1H/q+1;/p-1. The van der Waals surface area contributed by atoms with Crippen LogP contribution in [-0.4, -0.2) is 21.5 Å². The van der Waals surface area contributed by atoms with Crippen LogP contribution in [0.15, 0.2) is 36.2 Å². The summed E-state index contributed by atoms with van der Waals surface area (Å²) in [7, 11) is 1.92. The largest absolute Gasteiger partial charge is 1.00 e. The highest BCUT2D eigenvalue weighted by Crippen LogP contribution is 2.29. The monoisotopic (exact) mass is 389 g/mol. The second-order valence-electron chi connectivity index (χ2n) is 4.71. The summed E-state index contributed by atoms with van der Waals surface area (Å²) < 4.78 is 3.54. The highest BCUT2D eigenvalue weighted by Gasteiger charge is 2.35. The van der Waals surface area contributed by atoms with Crippen LogP contribution in [0.5, 0.6) is 0 Å². The molecular formula is C13H16IN3OS. The quantitative estimate of drug-likeness (QED) is 0.490. The van der Waals surface area contributed by atoms with Crippen LogP contribution in [0.4, 0.5) is 4.79 Å². The van der Waals surface area contributed by atoms with E-state index in [1.807, 2.05) is 41.3 Å². The molecule has 2 heterocycles. The Labute approximate surface area is 133 Å². The zero-order valence-corrected chi connectivity index (χ0v) is 13.7. The topological polar surface area (TPSA) is 29.1 Å². The first kappa shape index (κ1) is 14.5. The third-order valence-corrected chi connectivity index (χ3v) is 3.99. The van der Waals surface area contributed by atoms with Crippen molar-refractivity contribution in [1.82, 2.24) is 9.47 Å². The van der Waals surface area contributed by atoms with E-state index < -0.39 is 0 Å². The molecule has 0 aromatic carbocycles. The molecule has 1 aliphatic carbocycles. The van der Waals surface area contributed by atoms with Crippen molar-refractivity contribution < 1.29 is 33.3 Å². The predicted molar refractivity (Wildman–Crippen MR) is 69.3 cm³/mol. The molecule has 1 aliphatic rings. The number of carbonyl (C=O) groups excluding carboxylic acids is 1. The Hall–Kier alpha value is -0.890. The Morgan fingerprint density at radius 1 is 1.58 bits per heavy atom. The van der Waals surface area contributed by atoms with Gasteiger partial charge in [0.15, 0.2) is 0 Å². The van der Waals surface area contributed by atoms with Gasteiger partial charge in [-0.05, 0) is 24.3 Å². The smallest absolute Gasteiger partial charge is 0.416 e. The maximum atomic E-state index is 12.4. The number of hydrogen-bond donors (Lipinski definition) is 0. The van der Waals surface area contributed by atoms with Crippen LogP contribution >= 0.6 is 11.3 Å². The normalized spacial score (nSPS) is 13.9. The molecule has 2 aromatic heterocycles. The maximum absolute atomic E-state index is 12.4. The molecule has 0 radical (unpaired) electrons. The van der Waals surface area contributed by atoms with Gasteiger partial charge in [-0.2, -0.15) is 4.57 Å². The number of nitrogens with zero attached hydrogens (tertiary/aromatic N) is 3. The van der Waals surface area contributed by atoms with E-state index >= 15 is 0 Å². The zero-order valence-electron chi connectivity index (χ0n) is 10.7. The number of rotatable bonds is 3. The van der Waals surface area contributed by atoms with Gasteiger partial charge in [0.05, 0.1) is 13.6 Å². The van der Waals surface area contributed by atoms with Crippen LogP contribution in [0.1, 0.15) is 17.7 Å². The van der Waals surface area contributed by atoms with E-state index in [1.165, 1.54) is 4.88 Å². The first-order valence-corrected chi connectivity index (χ1v) is 6.98. The van der Waals surface area contributed by atoms with E-state index in [0.29, 0.717) is 6.04 Å². The molecule has 19 heavy (non-hydrogen) atoms. The fraction of sp³-hybridized carbons (Fsp3) is 0.385. The van der Waals surface area contributed by atoms with E-state index in [1.54, 1.807) is 15.9 Å². The summed E-state index contributed by atoms with van der Waals surface area (Å²) >= 11 is 1.71. The number of imidazole rings is 1. The summed E-state index contributed by atoms with van der Waals surface area (Å²) in [5.74, 6) is 0. The molecule has 1 fully saturated rings. The Kier molecular flexibility index (Phi) is 4.62. The third kappa shape index (κ3) is 3.36. The Bertz CT molecular complexity index is 548. The van der Waals surface area contributed by atoms with Gasteiger partial charge >= 0.3 is 6.03 Å². The maximum Gasteiger partial charge on any atom is 0.416 e. The summed E-state index contributed by atoms with van der Waals surface area (Å²) in [6.45, 7) is 0.725. The first-order chi connectivity index (χ1) is 8.74. The first-order valence-electron chi connectivity index (χ1n) is 6.10. The molecule has 2 aromatic rings. The molecule has 0 aliphatic heterocycles. The molecule has 0 spiro atoms. The van der Waals surface area contributed by atoms with Crippen molar-refractivity contribution in [3.63, 3.8) is 0 Å². The van der Waals surface area contributed by atoms with Crippen LogP contribution in [0.25, 0.3) is 0 Å². The van der Waals surface area contributed by atoms with Gasteiger partial charge in [0.25, 0.3) is 6.33 Å². The van der Waals surface area contributed by atoms with E-state index in [-0.39, 0.29) is 30.0 Å². The molecule has 6 heteroatoms. The summed E-state index contributed by atoms with van der Waals surface area (Å²) in [4.78, 5) is 15.7. The van der Waals surface area contributed by atoms with Gasteiger partial charge in [-0.15, -0.1) is 11.3 Å². The molecule has 0 N–H and O–H groups in total. The number of amides is 1. The second-order valence-corrected chi connectivity index (χ2v) is 5.74. The van der Waals surface area contributed by atoms with E-state index in [2.05, 4.69) is 11.4 Å². The summed E-state index contributed by atoms with van der Waals surface area (Å²) in [6, 6.07) is 4.62. The highest BCUT2D eigenvalue weighted by atomic mass is 127. The minimum atomic E-state index is 0. The lowest BCUT2D eigenvalue weighted by Crippen LogP contribution is -3.00. The second kappa shape index (κ2) is 6.04. The molecule has 0 unspecified atom stereocenters.